The van der Waals surface area contributed by atoms with Crippen molar-refractivity contribution < 1.29 is 4.39 Å². The highest BCUT2D eigenvalue weighted by Crippen LogP contribution is 2.23. The molecule has 1 unspecified atom stereocenters. The molecule has 4 nitrogen and oxygen atoms in total. The van der Waals surface area contributed by atoms with Gasteiger partial charge >= 0.3 is 0 Å². The highest BCUT2D eigenvalue weighted by atomic mass is 35.5. The maximum absolute atomic E-state index is 13.3. The Bertz CT molecular complexity index is 521. The molecule has 0 amide bonds. The second kappa shape index (κ2) is 5.86. The van der Waals surface area contributed by atoms with E-state index < -0.39 is 5.82 Å². The highest BCUT2D eigenvalue weighted by molar-refractivity contribution is 6.31. The Kier molecular flexibility index (Phi) is 4.19. The van der Waals surface area contributed by atoms with Gasteiger partial charge in [0.15, 0.2) is 0 Å². The summed E-state index contributed by atoms with van der Waals surface area (Å²) in [5.74, 6) is 5.57. The van der Waals surface area contributed by atoms with Gasteiger partial charge < -0.3 is 0 Å². The first-order valence-corrected chi connectivity index (χ1v) is 5.76. The number of hydrazine groups is 1. The summed E-state index contributed by atoms with van der Waals surface area (Å²) in [5, 5.41) is 0.105. The lowest BCUT2D eigenvalue weighted by atomic mass is 10.1. The van der Waals surface area contributed by atoms with Crippen LogP contribution in [0.4, 0.5) is 4.39 Å². The standard InChI is InChI=1S/C12H12ClFN4/c13-11-8(3-1-4-9(11)14)7-10(18-15)12-16-5-2-6-17-12/h1-6,10,18H,7,15H2. The van der Waals surface area contributed by atoms with Gasteiger partial charge in [-0.25, -0.2) is 19.8 Å². The predicted molar refractivity (Wildman–Crippen MR) is 67.2 cm³/mol. The van der Waals surface area contributed by atoms with Gasteiger partial charge in [0.2, 0.25) is 0 Å². The van der Waals surface area contributed by atoms with Gasteiger partial charge in [-0.2, -0.15) is 0 Å². The van der Waals surface area contributed by atoms with Crippen molar-refractivity contribution in [2.24, 2.45) is 5.84 Å². The maximum atomic E-state index is 13.3. The lowest BCUT2D eigenvalue weighted by molar-refractivity contribution is 0.520. The first-order valence-electron chi connectivity index (χ1n) is 5.38. The molecule has 0 saturated carbocycles. The molecule has 0 saturated heterocycles. The number of nitrogens with two attached hydrogens (primary N) is 1. The average Bonchev–Trinajstić information content (AvgIpc) is 2.41. The second-order valence-corrected chi connectivity index (χ2v) is 4.12. The molecule has 2 rings (SSSR count). The number of hydrogen-bond acceptors (Lipinski definition) is 4. The molecule has 1 aromatic carbocycles. The third-order valence-corrected chi connectivity index (χ3v) is 2.98. The fourth-order valence-electron chi connectivity index (χ4n) is 1.64. The van der Waals surface area contributed by atoms with Crippen LogP contribution in [0.25, 0.3) is 0 Å². The molecule has 6 heteroatoms. The number of aromatic nitrogens is 2. The number of benzene rings is 1. The SMILES string of the molecule is NNC(Cc1cccc(F)c1Cl)c1ncccn1. The van der Waals surface area contributed by atoms with Crippen LogP contribution >= 0.6 is 11.6 Å². The molecular weight excluding hydrogens is 255 g/mol. The van der Waals surface area contributed by atoms with Crippen molar-refractivity contribution in [2.75, 3.05) is 0 Å². The van der Waals surface area contributed by atoms with Crippen LogP contribution in [0.1, 0.15) is 17.4 Å². The van der Waals surface area contributed by atoms with Crippen molar-refractivity contribution in [1.82, 2.24) is 15.4 Å². The highest BCUT2D eigenvalue weighted by Gasteiger charge is 2.16. The molecule has 0 fully saturated rings. The first-order chi connectivity index (χ1) is 8.72. The quantitative estimate of drug-likeness (QED) is 0.656. The number of nitrogens with one attached hydrogen (secondary N) is 1. The second-order valence-electron chi connectivity index (χ2n) is 3.74. The zero-order valence-electron chi connectivity index (χ0n) is 9.48. The third-order valence-electron chi connectivity index (χ3n) is 2.55. The molecule has 0 aliphatic carbocycles. The number of rotatable bonds is 4. The molecule has 0 bridgehead atoms. The van der Waals surface area contributed by atoms with E-state index in [-0.39, 0.29) is 11.1 Å². The van der Waals surface area contributed by atoms with Gasteiger partial charge in [-0.15, -0.1) is 0 Å². The Labute approximate surface area is 109 Å². The first kappa shape index (κ1) is 12.9. The molecular formula is C12H12ClFN4. The zero-order valence-corrected chi connectivity index (χ0v) is 10.2. The van der Waals surface area contributed by atoms with Crippen LogP contribution in [0.5, 0.6) is 0 Å². The summed E-state index contributed by atoms with van der Waals surface area (Å²) in [5.41, 5.74) is 3.27. The Morgan fingerprint density at radius 3 is 2.67 bits per heavy atom. The fraction of sp³-hybridized carbons (Fsp3) is 0.167. The molecule has 2 aromatic rings. The van der Waals surface area contributed by atoms with Gasteiger partial charge in [-0.05, 0) is 24.1 Å². The van der Waals surface area contributed by atoms with Crippen molar-refractivity contribution >= 4 is 11.6 Å². The minimum atomic E-state index is -0.445. The zero-order chi connectivity index (χ0) is 13.0. The van der Waals surface area contributed by atoms with E-state index in [1.54, 1.807) is 30.6 Å². The number of hydrogen-bond donors (Lipinski definition) is 2. The average molecular weight is 267 g/mol. The van der Waals surface area contributed by atoms with E-state index in [1.165, 1.54) is 6.07 Å². The number of halogens is 2. The van der Waals surface area contributed by atoms with E-state index in [0.29, 0.717) is 17.8 Å². The molecule has 1 aromatic heterocycles. The van der Waals surface area contributed by atoms with Crippen LogP contribution in [0, 0.1) is 5.82 Å². The Hall–Kier alpha value is -1.56. The van der Waals surface area contributed by atoms with E-state index in [0.717, 1.165) is 0 Å². The molecule has 18 heavy (non-hydrogen) atoms. The Morgan fingerprint density at radius 1 is 1.28 bits per heavy atom. The van der Waals surface area contributed by atoms with E-state index in [2.05, 4.69) is 15.4 Å². The van der Waals surface area contributed by atoms with Gasteiger partial charge in [0.1, 0.15) is 11.6 Å². The summed E-state index contributed by atoms with van der Waals surface area (Å²) in [7, 11) is 0. The third kappa shape index (κ3) is 2.81. The van der Waals surface area contributed by atoms with Crippen LogP contribution in [0.3, 0.4) is 0 Å². The molecule has 3 N–H and O–H groups in total. The van der Waals surface area contributed by atoms with Gasteiger partial charge in [-0.3, -0.25) is 5.84 Å². The van der Waals surface area contributed by atoms with Crippen LogP contribution in [-0.2, 0) is 6.42 Å². The normalized spacial score (nSPS) is 12.4. The van der Waals surface area contributed by atoms with Gasteiger partial charge in [0.25, 0.3) is 0 Å². The van der Waals surface area contributed by atoms with Gasteiger partial charge in [-0.1, -0.05) is 23.7 Å². The summed E-state index contributed by atoms with van der Waals surface area (Å²) in [6, 6.07) is 6.07. The molecule has 0 aliphatic heterocycles. The lowest BCUT2D eigenvalue weighted by Gasteiger charge is -2.15. The van der Waals surface area contributed by atoms with Crippen molar-refractivity contribution in [2.45, 2.75) is 12.5 Å². The summed E-state index contributed by atoms with van der Waals surface area (Å²) >= 11 is 5.90. The topological polar surface area (TPSA) is 63.8 Å². The minimum Gasteiger partial charge on any atom is -0.271 e. The summed E-state index contributed by atoms with van der Waals surface area (Å²) in [6.07, 6.45) is 3.66. The lowest BCUT2D eigenvalue weighted by Crippen LogP contribution is -2.31. The molecule has 1 atom stereocenters. The largest absolute Gasteiger partial charge is 0.271 e. The van der Waals surface area contributed by atoms with Crippen molar-refractivity contribution in [3.63, 3.8) is 0 Å². The van der Waals surface area contributed by atoms with Gasteiger partial charge in [0.05, 0.1) is 11.1 Å². The van der Waals surface area contributed by atoms with Crippen LogP contribution in [0.15, 0.2) is 36.7 Å². The van der Waals surface area contributed by atoms with Crippen molar-refractivity contribution in [3.05, 3.63) is 58.9 Å². The summed E-state index contributed by atoms with van der Waals surface area (Å²) in [6.45, 7) is 0. The smallest absolute Gasteiger partial charge is 0.146 e. The van der Waals surface area contributed by atoms with Crippen molar-refractivity contribution in [1.29, 1.82) is 0 Å². The molecule has 0 spiro atoms. The van der Waals surface area contributed by atoms with E-state index in [9.17, 15) is 4.39 Å². The summed E-state index contributed by atoms with van der Waals surface area (Å²) in [4.78, 5) is 8.22. The Balaban J connectivity index is 2.24. The van der Waals surface area contributed by atoms with Crippen LogP contribution in [-0.4, -0.2) is 9.97 Å². The Morgan fingerprint density at radius 2 is 2.00 bits per heavy atom. The van der Waals surface area contributed by atoms with E-state index in [1.807, 2.05) is 0 Å². The van der Waals surface area contributed by atoms with E-state index in [4.69, 9.17) is 17.4 Å². The molecule has 0 radical (unpaired) electrons. The fourth-order valence-corrected chi connectivity index (χ4v) is 1.84. The number of nitrogens with zero attached hydrogens (tertiary/aromatic N) is 2. The van der Waals surface area contributed by atoms with Crippen molar-refractivity contribution in [3.8, 4) is 0 Å². The van der Waals surface area contributed by atoms with Crippen LogP contribution in [0.2, 0.25) is 5.02 Å². The van der Waals surface area contributed by atoms with Gasteiger partial charge in [0, 0.05) is 12.4 Å². The minimum absolute atomic E-state index is 0.105. The predicted octanol–water partition coefficient (Wildman–Crippen LogP) is 2.02. The monoisotopic (exact) mass is 266 g/mol. The molecule has 94 valence electrons. The van der Waals surface area contributed by atoms with E-state index >= 15 is 0 Å². The molecule has 1 heterocycles. The maximum Gasteiger partial charge on any atom is 0.146 e. The molecule has 0 aliphatic rings. The summed E-state index contributed by atoms with van der Waals surface area (Å²) < 4.78 is 13.3. The van der Waals surface area contributed by atoms with Crippen LogP contribution < -0.4 is 11.3 Å².